The van der Waals surface area contributed by atoms with E-state index >= 15 is 0 Å². The average Bonchev–Trinajstić information content (AvgIpc) is 3.52. The van der Waals surface area contributed by atoms with E-state index in [4.69, 9.17) is 4.98 Å². The molecule has 0 fully saturated rings. The van der Waals surface area contributed by atoms with Crippen molar-refractivity contribution in [3.63, 3.8) is 0 Å². The molecule has 0 aromatic carbocycles. The molecule has 0 aliphatic heterocycles. The first kappa shape index (κ1) is 22.4. The number of aromatic amines is 2. The molecule has 0 atom stereocenters. The number of amides is 1. The van der Waals surface area contributed by atoms with Crippen molar-refractivity contribution in [3.05, 3.63) is 67.4 Å². The molecule has 6 aromatic heterocycles. The number of carbonyl (C=O) groups is 1. The van der Waals surface area contributed by atoms with Gasteiger partial charge in [0.25, 0.3) is 0 Å². The van der Waals surface area contributed by atoms with Crippen molar-refractivity contribution in [1.82, 2.24) is 45.0 Å². The van der Waals surface area contributed by atoms with Crippen LogP contribution in [0.25, 0.3) is 56.1 Å². The molecule has 0 aliphatic rings. The van der Waals surface area contributed by atoms with Crippen molar-refractivity contribution in [1.29, 1.82) is 0 Å². The van der Waals surface area contributed by atoms with E-state index in [1.807, 2.05) is 50.5 Å². The Hall–Kier alpha value is -5.03. The van der Waals surface area contributed by atoms with Crippen LogP contribution in [0.1, 0.15) is 0 Å². The molecule has 11 heteroatoms. The van der Waals surface area contributed by atoms with Crippen LogP contribution in [0.2, 0.25) is 0 Å². The lowest BCUT2D eigenvalue weighted by molar-refractivity contribution is -0.116. The Bertz CT molecular complexity index is 1740. The zero-order valence-electron chi connectivity index (χ0n) is 20.1. The van der Waals surface area contributed by atoms with Crippen LogP contribution in [0.4, 0.5) is 5.69 Å². The van der Waals surface area contributed by atoms with E-state index in [0.717, 1.165) is 33.3 Å². The molecule has 1 amide bonds. The highest BCUT2D eigenvalue weighted by atomic mass is 16.2. The third-order valence-corrected chi connectivity index (χ3v) is 5.79. The lowest BCUT2D eigenvalue weighted by atomic mass is 10.1. The Morgan fingerprint density at radius 2 is 1.86 bits per heavy atom. The van der Waals surface area contributed by atoms with Gasteiger partial charge in [-0.1, -0.05) is 6.07 Å². The predicted octanol–water partition coefficient (Wildman–Crippen LogP) is 3.52. The summed E-state index contributed by atoms with van der Waals surface area (Å²) in [5, 5.41) is 11.1. The van der Waals surface area contributed by atoms with Crippen LogP contribution in [0, 0.1) is 0 Å². The smallest absolute Gasteiger partial charge is 0.238 e. The zero-order valence-corrected chi connectivity index (χ0v) is 20.1. The number of imidazole rings is 1. The minimum Gasteiger partial charge on any atom is -0.335 e. The SMILES string of the molecule is CN(C)CC(=O)Nc1cncc(-c2cnc3n[nH]c(-c4nc5nccc(-c6ccccn6)c5[nH]4)c3c2)c1. The van der Waals surface area contributed by atoms with Gasteiger partial charge in [0.2, 0.25) is 5.91 Å². The summed E-state index contributed by atoms with van der Waals surface area (Å²) in [6.45, 7) is 0.282. The van der Waals surface area contributed by atoms with Crippen LogP contribution in [0.15, 0.2) is 67.4 Å². The van der Waals surface area contributed by atoms with Crippen LogP contribution < -0.4 is 5.32 Å². The van der Waals surface area contributed by atoms with Crippen LogP contribution in [-0.4, -0.2) is 71.5 Å². The fourth-order valence-corrected chi connectivity index (χ4v) is 4.16. The summed E-state index contributed by atoms with van der Waals surface area (Å²) in [5.74, 6) is 0.480. The van der Waals surface area contributed by atoms with Gasteiger partial charge in [-0.25, -0.2) is 15.0 Å². The second kappa shape index (κ2) is 9.21. The molecule has 182 valence electrons. The van der Waals surface area contributed by atoms with Gasteiger partial charge in [-0.05, 0) is 44.4 Å². The lowest BCUT2D eigenvalue weighted by Gasteiger charge is -2.10. The summed E-state index contributed by atoms with van der Waals surface area (Å²) in [6, 6.07) is 11.5. The van der Waals surface area contributed by atoms with Crippen LogP contribution in [0.5, 0.6) is 0 Å². The largest absolute Gasteiger partial charge is 0.335 e. The van der Waals surface area contributed by atoms with Gasteiger partial charge in [-0.2, -0.15) is 5.10 Å². The monoisotopic (exact) mass is 490 g/mol. The van der Waals surface area contributed by atoms with Crippen molar-refractivity contribution in [2.75, 3.05) is 26.0 Å². The van der Waals surface area contributed by atoms with Gasteiger partial charge in [-0.15, -0.1) is 0 Å². The number of aromatic nitrogens is 8. The molecular formula is C26H22N10O. The summed E-state index contributed by atoms with van der Waals surface area (Å²) in [6.07, 6.45) is 8.56. The highest BCUT2D eigenvalue weighted by Crippen LogP contribution is 2.31. The van der Waals surface area contributed by atoms with Crippen LogP contribution in [0.3, 0.4) is 0 Å². The Balaban J connectivity index is 1.38. The first-order chi connectivity index (χ1) is 18.0. The number of likely N-dealkylation sites (N-methyl/N-ethyl adjacent to an activating group) is 1. The maximum atomic E-state index is 12.2. The average molecular weight is 491 g/mol. The molecule has 0 spiro atoms. The fraction of sp³-hybridized carbons (Fsp3) is 0.115. The Kier molecular flexibility index (Phi) is 5.58. The van der Waals surface area contributed by atoms with Gasteiger partial charge in [0, 0.05) is 41.5 Å². The molecule has 37 heavy (non-hydrogen) atoms. The summed E-state index contributed by atoms with van der Waals surface area (Å²) in [7, 11) is 3.68. The van der Waals surface area contributed by atoms with E-state index in [0.29, 0.717) is 28.5 Å². The third-order valence-electron chi connectivity index (χ3n) is 5.79. The first-order valence-corrected chi connectivity index (χ1v) is 11.6. The molecule has 0 unspecified atom stereocenters. The lowest BCUT2D eigenvalue weighted by Crippen LogP contribution is -2.27. The molecule has 6 heterocycles. The number of carbonyl (C=O) groups excluding carboxylic acids is 1. The number of nitrogens with zero attached hydrogens (tertiary/aromatic N) is 7. The number of H-pyrrole nitrogens is 2. The van der Waals surface area contributed by atoms with Crippen molar-refractivity contribution >= 4 is 33.8 Å². The third kappa shape index (κ3) is 4.39. The fourth-order valence-electron chi connectivity index (χ4n) is 4.16. The normalized spacial score (nSPS) is 11.4. The second-order valence-electron chi connectivity index (χ2n) is 8.80. The molecule has 0 saturated carbocycles. The van der Waals surface area contributed by atoms with E-state index < -0.39 is 0 Å². The topological polar surface area (TPSA) is 141 Å². The molecule has 3 N–H and O–H groups in total. The number of rotatable bonds is 6. The molecular weight excluding hydrogens is 468 g/mol. The standard InChI is InChI=1S/C26H22N10O/c1-36(2)14-21(37)31-17-9-15(11-27-13-17)16-10-19-23(34-35-24(19)30-12-16)26-32-22-18(6-8-29-25(22)33-26)20-5-3-4-7-28-20/h3-13H,14H2,1-2H3,(H,31,37)(H,29,32,33)(H,30,34,35). The number of pyridine rings is 4. The highest BCUT2D eigenvalue weighted by Gasteiger charge is 2.17. The van der Waals surface area contributed by atoms with Gasteiger partial charge in [-0.3, -0.25) is 19.9 Å². The minimum absolute atomic E-state index is 0.113. The summed E-state index contributed by atoms with van der Waals surface area (Å²) < 4.78 is 0. The number of hydrogen-bond donors (Lipinski definition) is 3. The number of anilines is 1. The molecule has 0 saturated heterocycles. The number of nitrogens with one attached hydrogen (secondary N) is 3. The maximum absolute atomic E-state index is 12.2. The molecule has 0 aliphatic carbocycles. The number of fused-ring (bicyclic) bond motifs is 2. The van der Waals surface area contributed by atoms with Crippen molar-refractivity contribution in [2.24, 2.45) is 0 Å². The van der Waals surface area contributed by atoms with E-state index in [-0.39, 0.29) is 12.5 Å². The molecule has 0 bridgehead atoms. The molecule has 0 radical (unpaired) electrons. The Morgan fingerprint density at radius 3 is 2.70 bits per heavy atom. The molecule has 6 rings (SSSR count). The zero-order chi connectivity index (χ0) is 25.4. The van der Waals surface area contributed by atoms with E-state index in [9.17, 15) is 4.79 Å². The van der Waals surface area contributed by atoms with Crippen molar-refractivity contribution in [2.45, 2.75) is 0 Å². The Morgan fingerprint density at radius 1 is 0.973 bits per heavy atom. The van der Waals surface area contributed by atoms with Gasteiger partial charge in [0.1, 0.15) is 5.69 Å². The van der Waals surface area contributed by atoms with E-state index in [1.54, 1.807) is 35.9 Å². The molecule has 6 aromatic rings. The van der Waals surface area contributed by atoms with Gasteiger partial charge in [0.05, 0.1) is 35.0 Å². The van der Waals surface area contributed by atoms with Crippen molar-refractivity contribution in [3.8, 4) is 33.9 Å². The first-order valence-electron chi connectivity index (χ1n) is 11.6. The van der Waals surface area contributed by atoms with Gasteiger partial charge in [0.15, 0.2) is 17.1 Å². The van der Waals surface area contributed by atoms with E-state index in [2.05, 4.69) is 40.4 Å². The quantitative estimate of drug-likeness (QED) is 0.322. The second-order valence-corrected chi connectivity index (χ2v) is 8.80. The Labute approximate surface area is 211 Å². The van der Waals surface area contributed by atoms with Crippen molar-refractivity contribution < 1.29 is 4.79 Å². The minimum atomic E-state index is -0.113. The summed E-state index contributed by atoms with van der Waals surface area (Å²) >= 11 is 0. The summed E-state index contributed by atoms with van der Waals surface area (Å²) in [5.41, 5.74) is 6.60. The highest BCUT2D eigenvalue weighted by molar-refractivity contribution is 5.96. The maximum Gasteiger partial charge on any atom is 0.238 e. The van der Waals surface area contributed by atoms with Gasteiger partial charge < -0.3 is 15.2 Å². The van der Waals surface area contributed by atoms with E-state index in [1.165, 1.54) is 0 Å². The molecule has 11 nitrogen and oxygen atoms in total. The van der Waals surface area contributed by atoms with Gasteiger partial charge >= 0.3 is 0 Å². The van der Waals surface area contributed by atoms with Crippen LogP contribution in [-0.2, 0) is 4.79 Å². The predicted molar refractivity (Wildman–Crippen MR) is 140 cm³/mol. The van der Waals surface area contributed by atoms with Crippen LogP contribution >= 0.6 is 0 Å². The summed E-state index contributed by atoms with van der Waals surface area (Å²) in [4.78, 5) is 39.8. The number of hydrogen-bond acceptors (Lipinski definition) is 8.